The molecule has 17 heavy (non-hydrogen) atoms. The number of hydrogen-bond acceptors (Lipinski definition) is 2. The molecule has 0 aliphatic carbocycles. The van der Waals surface area contributed by atoms with Gasteiger partial charge in [-0.05, 0) is 55.7 Å². The van der Waals surface area contributed by atoms with E-state index in [1.807, 2.05) is 17.4 Å². The van der Waals surface area contributed by atoms with E-state index < -0.39 is 0 Å². The second-order valence-corrected chi connectivity index (χ2v) is 6.47. The maximum Gasteiger partial charge on any atom is 0.0565 e. The van der Waals surface area contributed by atoms with Crippen LogP contribution in [0.25, 0.3) is 0 Å². The Kier molecular flexibility index (Phi) is 2.64. The van der Waals surface area contributed by atoms with Crippen molar-refractivity contribution in [3.05, 3.63) is 50.2 Å². The summed E-state index contributed by atoms with van der Waals surface area (Å²) in [7, 11) is 0. The fourth-order valence-corrected chi connectivity index (χ4v) is 3.70. The molecule has 0 fully saturated rings. The van der Waals surface area contributed by atoms with Gasteiger partial charge in [-0.25, -0.2) is 0 Å². The van der Waals surface area contributed by atoms with E-state index in [-0.39, 0.29) is 0 Å². The normalized spacial score (nSPS) is 17.9. The molecule has 88 valence electrons. The first-order valence-corrected chi connectivity index (χ1v) is 6.95. The quantitative estimate of drug-likeness (QED) is 0.784. The smallest absolute Gasteiger partial charge is 0.0565 e. The maximum absolute atomic E-state index is 6.03. The van der Waals surface area contributed by atoms with Gasteiger partial charge in [0.15, 0.2) is 0 Å². The molecule has 1 aliphatic heterocycles. The summed E-state index contributed by atoms with van der Waals surface area (Å²) in [6.45, 7) is 4.37. The standard InChI is InChI=1S/C14H14ClNS/c1-8-5-12(9(2)17-8)14-7-10-6-11(15)3-4-13(10)16-14/h3-6,14,16H,7H2,1-2H3. The molecule has 1 aromatic carbocycles. The molecule has 3 rings (SSSR count). The Labute approximate surface area is 110 Å². The average Bonchev–Trinajstić information content (AvgIpc) is 2.80. The highest BCUT2D eigenvalue weighted by molar-refractivity contribution is 7.12. The van der Waals surface area contributed by atoms with Crippen molar-refractivity contribution in [2.24, 2.45) is 0 Å². The minimum atomic E-state index is 0.411. The molecule has 1 aliphatic rings. The molecule has 3 heteroatoms. The SMILES string of the molecule is Cc1cc(C2Cc3cc(Cl)ccc3N2)c(C)s1. The van der Waals surface area contributed by atoms with E-state index in [0.717, 1.165) is 11.4 Å². The van der Waals surface area contributed by atoms with Gasteiger partial charge >= 0.3 is 0 Å². The molecule has 0 saturated carbocycles. The van der Waals surface area contributed by atoms with E-state index in [0.29, 0.717) is 6.04 Å². The van der Waals surface area contributed by atoms with Crippen molar-refractivity contribution in [3.63, 3.8) is 0 Å². The lowest BCUT2D eigenvalue weighted by Crippen LogP contribution is -2.05. The molecule has 0 bridgehead atoms. The Morgan fingerprint density at radius 1 is 1.29 bits per heavy atom. The zero-order chi connectivity index (χ0) is 12.0. The largest absolute Gasteiger partial charge is 0.378 e. The van der Waals surface area contributed by atoms with Gasteiger partial charge in [-0.2, -0.15) is 0 Å². The van der Waals surface area contributed by atoms with Gasteiger partial charge in [-0.1, -0.05) is 11.6 Å². The molecule has 0 spiro atoms. The predicted octanol–water partition coefficient (Wildman–Crippen LogP) is 4.73. The maximum atomic E-state index is 6.03. The summed E-state index contributed by atoms with van der Waals surface area (Å²) >= 11 is 7.90. The summed E-state index contributed by atoms with van der Waals surface area (Å²) in [5, 5.41) is 4.40. The third-order valence-corrected chi connectivity index (χ3v) is 4.49. The second kappa shape index (κ2) is 4.04. The molecule has 2 heterocycles. The van der Waals surface area contributed by atoms with Crippen LogP contribution in [0, 0.1) is 13.8 Å². The fraction of sp³-hybridized carbons (Fsp3) is 0.286. The van der Waals surface area contributed by atoms with Gasteiger partial charge < -0.3 is 5.32 Å². The van der Waals surface area contributed by atoms with E-state index in [2.05, 4.69) is 37.4 Å². The van der Waals surface area contributed by atoms with E-state index >= 15 is 0 Å². The van der Waals surface area contributed by atoms with Crippen LogP contribution in [0.1, 0.15) is 26.9 Å². The number of halogens is 1. The van der Waals surface area contributed by atoms with Crippen molar-refractivity contribution in [1.29, 1.82) is 0 Å². The van der Waals surface area contributed by atoms with Crippen LogP contribution < -0.4 is 5.32 Å². The minimum absolute atomic E-state index is 0.411. The first-order valence-electron chi connectivity index (χ1n) is 5.75. The average molecular weight is 264 g/mol. The van der Waals surface area contributed by atoms with Gasteiger partial charge in [0, 0.05) is 20.5 Å². The van der Waals surface area contributed by atoms with Crippen LogP contribution in [0.2, 0.25) is 5.02 Å². The van der Waals surface area contributed by atoms with Gasteiger partial charge in [0.2, 0.25) is 0 Å². The number of thiophene rings is 1. The van der Waals surface area contributed by atoms with E-state index in [4.69, 9.17) is 11.6 Å². The summed E-state index contributed by atoms with van der Waals surface area (Å²) in [5.41, 5.74) is 3.98. The first kappa shape index (κ1) is 11.1. The minimum Gasteiger partial charge on any atom is -0.378 e. The van der Waals surface area contributed by atoms with Crippen LogP contribution in [0.3, 0.4) is 0 Å². The molecular formula is C14H14ClNS. The molecular weight excluding hydrogens is 250 g/mol. The number of rotatable bonds is 1. The highest BCUT2D eigenvalue weighted by atomic mass is 35.5. The molecule has 2 aromatic rings. The highest BCUT2D eigenvalue weighted by Crippen LogP contribution is 2.38. The van der Waals surface area contributed by atoms with Crippen LogP contribution in [-0.4, -0.2) is 0 Å². The number of benzene rings is 1. The van der Waals surface area contributed by atoms with Crippen molar-refractivity contribution in [2.75, 3.05) is 5.32 Å². The monoisotopic (exact) mass is 263 g/mol. The van der Waals surface area contributed by atoms with Gasteiger partial charge in [0.25, 0.3) is 0 Å². The Morgan fingerprint density at radius 2 is 2.12 bits per heavy atom. The third-order valence-electron chi connectivity index (χ3n) is 3.28. The Bertz CT molecular complexity index is 574. The lowest BCUT2D eigenvalue weighted by Gasteiger charge is -2.10. The van der Waals surface area contributed by atoms with E-state index in [1.54, 1.807) is 0 Å². The summed E-state index contributed by atoms with van der Waals surface area (Å²) in [5.74, 6) is 0. The zero-order valence-corrected chi connectivity index (χ0v) is 11.5. The van der Waals surface area contributed by atoms with Crippen molar-refractivity contribution in [2.45, 2.75) is 26.3 Å². The predicted molar refractivity (Wildman–Crippen MR) is 75.3 cm³/mol. The van der Waals surface area contributed by atoms with Crippen molar-refractivity contribution in [1.82, 2.24) is 0 Å². The van der Waals surface area contributed by atoms with E-state index in [1.165, 1.54) is 26.6 Å². The zero-order valence-electron chi connectivity index (χ0n) is 9.88. The summed E-state index contributed by atoms with van der Waals surface area (Å²) in [6.07, 6.45) is 1.03. The number of nitrogens with one attached hydrogen (secondary N) is 1. The number of anilines is 1. The molecule has 1 N–H and O–H groups in total. The molecule has 0 amide bonds. The topological polar surface area (TPSA) is 12.0 Å². The highest BCUT2D eigenvalue weighted by Gasteiger charge is 2.24. The van der Waals surface area contributed by atoms with Gasteiger partial charge in [0.05, 0.1) is 6.04 Å². The Morgan fingerprint density at radius 3 is 2.82 bits per heavy atom. The first-order chi connectivity index (χ1) is 8.13. The lowest BCUT2D eigenvalue weighted by atomic mass is 10.0. The summed E-state index contributed by atoms with van der Waals surface area (Å²) < 4.78 is 0. The van der Waals surface area contributed by atoms with Gasteiger partial charge in [0.1, 0.15) is 0 Å². The van der Waals surface area contributed by atoms with Crippen molar-refractivity contribution in [3.8, 4) is 0 Å². The summed E-state index contributed by atoms with van der Waals surface area (Å²) in [6, 6.07) is 8.80. The van der Waals surface area contributed by atoms with E-state index in [9.17, 15) is 0 Å². The lowest BCUT2D eigenvalue weighted by molar-refractivity contribution is 0.822. The molecule has 0 radical (unpaired) electrons. The summed E-state index contributed by atoms with van der Waals surface area (Å²) in [4.78, 5) is 2.80. The van der Waals surface area contributed by atoms with Crippen LogP contribution in [-0.2, 0) is 6.42 Å². The van der Waals surface area contributed by atoms with Crippen molar-refractivity contribution < 1.29 is 0 Å². The van der Waals surface area contributed by atoms with Crippen LogP contribution in [0.15, 0.2) is 24.3 Å². The van der Waals surface area contributed by atoms with Crippen molar-refractivity contribution >= 4 is 28.6 Å². The third kappa shape index (κ3) is 1.96. The Hall–Kier alpha value is -0.990. The molecule has 1 atom stereocenters. The fourth-order valence-electron chi connectivity index (χ4n) is 2.51. The van der Waals surface area contributed by atoms with Crippen LogP contribution >= 0.6 is 22.9 Å². The molecule has 1 unspecified atom stereocenters. The van der Waals surface area contributed by atoms with Gasteiger partial charge in [-0.3, -0.25) is 0 Å². The van der Waals surface area contributed by atoms with Crippen LogP contribution in [0.4, 0.5) is 5.69 Å². The number of fused-ring (bicyclic) bond motifs is 1. The Balaban J connectivity index is 1.94. The number of aryl methyl sites for hydroxylation is 2. The molecule has 1 aromatic heterocycles. The van der Waals surface area contributed by atoms with Gasteiger partial charge in [-0.15, -0.1) is 11.3 Å². The second-order valence-electron chi connectivity index (χ2n) is 4.57. The van der Waals surface area contributed by atoms with Crippen LogP contribution in [0.5, 0.6) is 0 Å². The molecule has 1 nitrogen and oxygen atoms in total. The number of hydrogen-bond donors (Lipinski definition) is 1. The molecule has 0 saturated heterocycles.